The molecule has 0 aliphatic rings. The van der Waals surface area contributed by atoms with E-state index >= 15 is 0 Å². The Bertz CT molecular complexity index is 628. The van der Waals surface area contributed by atoms with Crippen LogP contribution in [0.2, 0.25) is 0 Å². The van der Waals surface area contributed by atoms with Crippen LogP contribution in [0.25, 0.3) is 0 Å². The van der Waals surface area contributed by atoms with Gasteiger partial charge in [-0.15, -0.1) is 0 Å². The number of benzene rings is 2. The lowest BCUT2D eigenvalue weighted by Crippen LogP contribution is -1.96. The van der Waals surface area contributed by atoms with Gasteiger partial charge in [-0.1, -0.05) is 24.3 Å². The lowest BCUT2D eigenvalue weighted by atomic mass is 10.1. The van der Waals surface area contributed by atoms with E-state index < -0.39 is 11.9 Å². The third-order valence-electron chi connectivity index (χ3n) is 3.79. The average Bonchev–Trinajstić information content (AvgIpc) is 2.57. The highest BCUT2D eigenvalue weighted by Crippen LogP contribution is 2.23. The topological polar surface area (TPSA) is 83.8 Å². The van der Waals surface area contributed by atoms with Gasteiger partial charge in [0.15, 0.2) is 0 Å². The summed E-state index contributed by atoms with van der Waals surface area (Å²) in [6, 6.07) is 15.3. The van der Waals surface area contributed by atoms with Gasteiger partial charge in [0.2, 0.25) is 0 Å². The van der Waals surface area contributed by atoms with Crippen molar-refractivity contribution in [2.45, 2.75) is 38.5 Å². The van der Waals surface area contributed by atoms with Crippen molar-refractivity contribution in [2.75, 3.05) is 0 Å². The van der Waals surface area contributed by atoms with Crippen molar-refractivity contribution in [3.8, 4) is 11.5 Å². The van der Waals surface area contributed by atoms with Gasteiger partial charge in [-0.25, -0.2) is 0 Å². The summed E-state index contributed by atoms with van der Waals surface area (Å²) in [6.45, 7) is 0. The van der Waals surface area contributed by atoms with Crippen LogP contribution in [0.4, 0.5) is 0 Å². The summed E-state index contributed by atoms with van der Waals surface area (Å²) in [5.41, 5.74) is 2.17. The second-order valence-corrected chi connectivity index (χ2v) is 5.88. The molecule has 0 amide bonds. The van der Waals surface area contributed by atoms with Crippen molar-refractivity contribution in [3.05, 3.63) is 59.7 Å². The molecule has 0 aliphatic carbocycles. The number of carboxylic acids is 2. The SMILES string of the molecule is O=C(O)CCCc1ccc(Oc2ccc(CCCC(=O)O)cc2)cc1. The fourth-order valence-electron chi connectivity index (χ4n) is 2.47. The van der Waals surface area contributed by atoms with Gasteiger partial charge in [0.05, 0.1) is 0 Å². The Morgan fingerprint density at radius 2 is 1.04 bits per heavy atom. The molecule has 2 aromatic rings. The van der Waals surface area contributed by atoms with Crippen molar-refractivity contribution >= 4 is 11.9 Å². The molecular formula is C20H22O5. The zero-order valence-electron chi connectivity index (χ0n) is 14.0. The third-order valence-corrected chi connectivity index (χ3v) is 3.79. The van der Waals surface area contributed by atoms with Gasteiger partial charge in [0, 0.05) is 12.8 Å². The highest BCUT2D eigenvalue weighted by Gasteiger charge is 2.02. The van der Waals surface area contributed by atoms with Gasteiger partial charge in [0.1, 0.15) is 11.5 Å². The maximum Gasteiger partial charge on any atom is 0.303 e. The van der Waals surface area contributed by atoms with E-state index in [-0.39, 0.29) is 12.8 Å². The molecule has 5 heteroatoms. The van der Waals surface area contributed by atoms with Gasteiger partial charge in [-0.3, -0.25) is 9.59 Å². The molecule has 0 saturated carbocycles. The number of carboxylic acid groups (broad SMARTS) is 2. The third kappa shape index (κ3) is 7.08. The number of carbonyl (C=O) groups is 2. The van der Waals surface area contributed by atoms with Crippen LogP contribution in [0.15, 0.2) is 48.5 Å². The average molecular weight is 342 g/mol. The van der Waals surface area contributed by atoms with Gasteiger partial charge in [-0.2, -0.15) is 0 Å². The number of hydrogen-bond donors (Lipinski definition) is 2. The molecule has 2 N–H and O–H groups in total. The van der Waals surface area contributed by atoms with Crippen molar-refractivity contribution in [1.29, 1.82) is 0 Å². The molecule has 132 valence electrons. The van der Waals surface area contributed by atoms with Crippen LogP contribution < -0.4 is 4.74 Å². The molecule has 0 aromatic heterocycles. The molecule has 0 spiro atoms. The smallest absolute Gasteiger partial charge is 0.303 e. The highest BCUT2D eigenvalue weighted by atomic mass is 16.5. The summed E-state index contributed by atoms with van der Waals surface area (Å²) in [5.74, 6) is -0.0982. The Morgan fingerprint density at radius 3 is 1.36 bits per heavy atom. The summed E-state index contributed by atoms with van der Waals surface area (Å²) < 4.78 is 5.79. The van der Waals surface area contributed by atoms with Crippen LogP contribution in [0, 0.1) is 0 Å². The Hall–Kier alpha value is -2.82. The van der Waals surface area contributed by atoms with Crippen molar-refractivity contribution < 1.29 is 24.5 Å². The number of rotatable bonds is 10. The summed E-state index contributed by atoms with van der Waals surface area (Å²) in [5, 5.41) is 17.3. The van der Waals surface area contributed by atoms with E-state index in [1.165, 1.54) is 0 Å². The van der Waals surface area contributed by atoms with Crippen LogP contribution in [-0.4, -0.2) is 22.2 Å². The fraction of sp³-hybridized carbons (Fsp3) is 0.300. The van der Waals surface area contributed by atoms with Gasteiger partial charge < -0.3 is 14.9 Å². The lowest BCUT2D eigenvalue weighted by molar-refractivity contribution is -0.138. The molecule has 5 nitrogen and oxygen atoms in total. The summed E-state index contributed by atoms with van der Waals surface area (Å²) in [4.78, 5) is 21.0. The maximum atomic E-state index is 10.5. The fourth-order valence-corrected chi connectivity index (χ4v) is 2.47. The molecule has 0 heterocycles. The first-order valence-corrected chi connectivity index (χ1v) is 8.32. The van der Waals surface area contributed by atoms with Crippen LogP contribution in [-0.2, 0) is 22.4 Å². The normalized spacial score (nSPS) is 10.4. The molecular weight excluding hydrogens is 320 g/mol. The molecule has 0 unspecified atom stereocenters. The Kier molecular flexibility index (Phi) is 7.01. The van der Waals surface area contributed by atoms with Crippen LogP contribution >= 0.6 is 0 Å². The predicted octanol–water partition coefficient (Wildman–Crippen LogP) is 4.29. The molecule has 2 rings (SSSR count). The molecule has 0 fully saturated rings. The van der Waals surface area contributed by atoms with E-state index in [2.05, 4.69) is 0 Å². The Morgan fingerprint density at radius 1 is 0.680 bits per heavy atom. The van der Waals surface area contributed by atoms with Crippen molar-refractivity contribution in [2.24, 2.45) is 0 Å². The minimum Gasteiger partial charge on any atom is -0.481 e. The molecule has 0 atom stereocenters. The van der Waals surface area contributed by atoms with Gasteiger partial charge in [0.25, 0.3) is 0 Å². The highest BCUT2D eigenvalue weighted by molar-refractivity contribution is 5.66. The van der Waals surface area contributed by atoms with Crippen LogP contribution in [0.5, 0.6) is 11.5 Å². The lowest BCUT2D eigenvalue weighted by Gasteiger charge is -2.08. The number of aryl methyl sites for hydroxylation is 2. The van der Waals surface area contributed by atoms with Gasteiger partial charge in [-0.05, 0) is 61.1 Å². The van der Waals surface area contributed by atoms with Crippen molar-refractivity contribution in [1.82, 2.24) is 0 Å². The molecule has 2 aromatic carbocycles. The Labute approximate surface area is 146 Å². The van der Waals surface area contributed by atoms with Crippen LogP contribution in [0.1, 0.15) is 36.8 Å². The molecule has 0 saturated heterocycles. The molecule has 25 heavy (non-hydrogen) atoms. The van der Waals surface area contributed by atoms with E-state index in [4.69, 9.17) is 14.9 Å². The minimum absolute atomic E-state index is 0.178. The first-order chi connectivity index (χ1) is 12.0. The van der Waals surface area contributed by atoms with Crippen molar-refractivity contribution in [3.63, 3.8) is 0 Å². The maximum absolute atomic E-state index is 10.5. The van der Waals surface area contributed by atoms with E-state index in [1.807, 2.05) is 48.5 Å². The second kappa shape index (κ2) is 9.47. The summed E-state index contributed by atoms with van der Waals surface area (Å²) >= 11 is 0. The van der Waals surface area contributed by atoms with E-state index in [0.29, 0.717) is 12.8 Å². The summed E-state index contributed by atoms with van der Waals surface area (Å²) in [7, 11) is 0. The predicted molar refractivity (Wildman–Crippen MR) is 94.1 cm³/mol. The first-order valence-electron chi connectivity index (χ1n) is 8.32. The Balaban J connectivity index is 1.83. The van der Waals surface area contributed by atoms with E-state index in [9.17, 15) is 9.59 Å². The molecule has 0 radical (unpaired) electrons. The standard InChI is InChI=1S/C20H22O5/c21-19(22)5-1-3-15-7-11-17(12-8-15)25-18-13-9-16(10-14-18)4-2-6-20(23)24/h7-14H,1-6H2,(H,21,22)(H,23,24). The summed E-state index contributed by atoms with van der Waals surface area (Å²) in [6.07, 6.45) is 3.07. The number of ether oxygens (including phenoxy) is 1. The quantitative estimate of drug-likeness (QED) is 0.673. The zero-order valence-corrected chi connectivity index (χ0v) is 14.0. The first kappa shape index (κ1) is 18.5. The molecule has 0 aliphatic heterocycles. The van der Waals surface area contributed by atoms with E-state index in [0.717, 1.165) is 35.5 Å². The monoisotopic (exact) mass is 342 g/mol. The van der Waals surface area contributed by atoms with Gasteiger partial charge >= 0.3 is 11.9 Å². The number of aliphatic carboxylic acids is 2. The second-order valence-electron chi connectivity index (χ2n) is 5.88. The van der Waals surface area contributed by atoms with E-state index in [1.54, 1.807) is 0 Å². The molecule has 0 bridgehead atoms. The largest absolute Gasteiger partial charge is 0.481 e. The minimum atomic E-state index is -0.772. The van der Waals surface area contributed by atoms with Crippen LogP contribution in [0.3, 0.4) is 0 Å². The zero-order chi connectivity index (χ0) is 18.1. The number of hydrogen-bond acceptors (Lipinski definition) is 3.